The van der Waals surface area contributed by atoms with Crippen molar-refractivity contribution in [2.24, 2.45) is 5.92 Å². The Kier molecular flexibility index (Phi) is 6.13. The van der Waals surface area contributed by atoms with E-state index in [2.05, 4.69) is 15.3 Å². The minimum absolute atomic E-state index is 0.0589. The lowest BCUT2D eigenvalue weighted by atomic mass is 10.1. The summed E-state index contributed by atoms with van der Waals surface area (Å²) in [5.41, 5.74) is 2.31. The van der Waals surface area contributed by atoms with E-state index in [0.29, 0.717) is 34.0 Å². The van der Waals surface area contributed by atoms with Crippen molar-refractivity contribution < 1.29 is 9.18 Å². The second kappa shape index (κ2) is 8.57. The van der Waals surface area contributed by atoms with Crippen LogP contribution in [0.15, 0.2) is 47.3 Å². The molecule has 0 atom stereocenters. The van der Waals surface area contributed by atoms with Crippen LogP contribution in [0.3, 0.4) is 0 Å². The molecule has 0 fully saturated rings. The molecule has 0 saturated carbocycles. The SMILES string of the molecule is Cc1ccc(-c2cc(=O)[nH]c(-c3cc(CNC(=O)C(C)C)ccc3Cl)n2)cc1F. The van der Waals surface area contributed by atoms with Crippen molar-refractivity contribution in [3.05, 3.63) is 74.8 Å². The maximum absolute atomic E-state index is 13.9. The molecule has 0 bridgehead atoms. The van der Waals surface area contributed by atoms with E-state index in [1.807, 2.05) is 13.8 Å². The summed E-state index contributed by atoms with van der Waals surface area (Å²) in [6, 6.07) is 11.3. The zero-order valence-electron chi connectivity index (χ0n) is 16.3. The summed E-state index contributed by atoms with van der Waals surface area (Å²) in [5.74, 6) is -0.273. The van der Waals surface area contributed by atoms with Crippen LogP contribution in [0, 0.1) is 18.7 Å². The number of aromatic amines is 1. The Bertz CT molecular complexity index is 1130. The zero-order valence-corrected chi connectivity index (χ0v) is 17.1. The Balaban J connectivity index is 1.99. The fourth-order valence-electron chi connectivity index (χ4n) is 2.74. The van der Waals surface area contributed by atoms with Gasteiger partial charge in [0.2, 0.25) is 5.91 Å². The number of aryl methyl sites for hydroxylation is 1. The average Bonchev–Trinajstić information content (AvgIpc) is 2.68. The molecule has 2 N–H and O–H groups in total. The van der Waals surface area contributed by atoms with Crippen molar-refractivity contribution >= 4 is 17.5 Å². The summed E-state index contributed by atoms with van der Waals surface area (Å²) in [7, 11) is 0. The maximum Gasteiger partial charge on any atom is 0.251 e. The normalized spacial score (nSPS) is 11.0. The summed E-state index contributed by atoms with van der Waals surface area (Å²) >= 11 is 6.33. The Morgan fingerprint density at radius 2 is 1.97 bits per heavy atom. The quantitative estimate of drug-likeness (QED) is 0.647. The number of carbonyl (C=O) groups excluding carboxylic acids is 1. The minimum atomic E-state index is -0.374. The van der Waals surface area contributed by atoms with Crippen molar-refractivity contribution in [2.45, 2.75) is 27.3 Å². The van der Waals surface area contributed by atoms with Crippen molar-refractivity contribution in [3.63, 3.8) is 0 Å². The Labute approximate surface area is 173 Å². The third-order valence-electron chi connectivity index (χ3n) is 4.49. The highest BCUT2D eigenvalue weighted by atomic mass is 35.5. The number of carbonyl (C=O) groups is 1. The molecule has 1 amide bonds. The standard InChI is InChI=1S/C22H21ClFN3O2/c1-12(2)22(29)25-11-14-5-7-17(23)16(8-14)21-26-19(10-20(28)27-21)15-6-4-13(3)18(24)9-15/h4-10,12H,11H2,1-3H3,(H,25,29)(H,26,27,28). The number of H-pyrrole nitrogens is 1. The van der Waals surface area contributed by atoms with E-state index in [9.17, 15) is 14.0 Å². The van der Waals surface area contributed by atoms with Crippen LogP contribution in [0.1, 0.15) is 25.0 Å². The van der Waals surface area contributed by atoms with Crippen LogP contribution in [0.5, 0.6) is 0 Å². The molecule has 1 aromatic heterocycles. The van der Waals surface area contributed by atoms with Crippen molar-refractivity contribution in [3.8, 4) is 22.6 Å². The van der Waals surface area contributed by atoms with Gasteiger partial charge in [-0.15, -0.1) is 0 Å². The van der Waals surface area contributed by atoms with Gasteiger partial charge in [0.05, 0.1) is 10.7 Å². The van der Waals surface area contributed by atoms with E-state index in [4.69, 9.17) is 11.6 Å². The molecule has 1 heterocycles. The van der Waals surface area contributed by atoms with Crippen LogP contribution in [0.25, 0.3) is 22.6 Å². The van der Waals surface area contributed by atoms with Gasteiger partial charge in [-0.1, -0.05) is 43.6 Å². The molecule has 5 nitrogen and oxygen atoms in total. The molecule has 3 aromatic rings. The number of benzene rings is 2. The molecular weight excluding hydrogens is 393 g/mol. The predicted octanol–water partition coefficient (Wildman–Crippen LogP) is 4.48. The van der Waals surface area contributed by atoms with Gasteiger partial charge in [0, 0.05) is 29.7 Å². The highest BCUT2D eigenvalue weighted by molar-refractivity contribution is 6.33. The number of nitrogens with one attached hydrogen (secondary N) is 2. The van der Waals surface area contributed by atoms with Gasteiger partial charge in [0.15, 0.2) is 0 Å². The monoisotopic (exact) mass is 413 g/mol. The lowest BCUT2D eigenvalue weighted by Crippen LogP contribution is -2.27. The molecule has 7 heteroatoms. The number of hydrogen-bond donors (Lipinski definition) is 2. The molecule has 150 valence electrons. The fourth-order valence-corrected chi connectivity index (χ4v) is 2.95. The number of halogens is 2. The van der Waals surface area contributed by atoms with Gasteiger partial charge in [-0.3, -0.25) is 9.59 Å². The number of amides is 1. The largest absolute Gasteiger partial charge is 0.352 e. The van der Waals surface area contributed by atoms with E-state index in [0.717, 1.165) is 5.56 Å². The molecule has 2 aromatic carbocycles. The van der Waals surface area contributed by atoms with E-state index in [1.165, 1.54) is 12.1 Å². The molecule has 3 rings (SSSR count). The van der Waals surface area contributed by atoms with E-state index < -0.39 is 0 Å². The van der Waals surface area contributed by atoms with Crippen LogP contribution in [0.4, 0.5) is 4.39 Å². The van der Waals surface area contributed by atoms with Crippen molar-refractivity contribution in [1.29, 1.82) is 0 Å². The summed E-state index contributed by atoms with van der Waals surface area (Å²) in [5, 5.41) is 3.24. The van der Waals surface area contributed by atoms with Crippen LogP contribution < -0.4 is 10.9 Å². The number of hydrogen-bond acceptors (Lipinski definition) is 3. The van der Waals surface area contributed by atoms with Crippen molar-refractivity contribution in [1.82, 2.24) is 15.3 Å². The first-order valence-electron chi connectivity index (χ1n) is 9.19. The smallest absolute Gasteiger partial charge is 0.251 e. The molecule has 29 heavy (non-hydrogen) atoms. The van der Waals surface area contributed by atoms with Crippen molar-refractivity contribution in [2.75, 3.05) is 0 Å². The first kappa shape index (κ1) is 20.7. The van der Waals surface area contributed by atoms with Gasteiger partial charge >= 0.3 is 0 Å². The van der Waals surface area contributed by atoms with E-state index in [1.54, 1.807) is 37.3 Å². The third-order valence-corrected chi connectivity index (χ3v) is 4.82. The lowest BCUT2D eigenvalue weighted by Gasteiger charge is -2.11. The van der Waals surface area contributed by atoms with Crippen LogP contribution in [-0.4, -0.2) is 15.9 Å². The fraction of sp³-hybridized carbons (Fsp3) is 0.227. The number of aromatic nitrogens is 2. The zero-order chi connectivity index (χ0) is 21.1. The summed E-state index contributed by atoms with van der Waals surface area (Å²) in [6.45, 7) is 5.63. The highest BCUT2D eigenvalue weighted by Crippen LogP contribution is 2.28. The van der Waals surface area contributed by atoms with E-state index in [-0.39, 0.29) is 29.0 Å². The Hall–Kier alpha value is -2.99. The molecule has 0 unspecified atom stereocenters. The highest BCUT2D eigenvalue weighted by Gasteiger charge is 2.12. The van der Waals surface area contributed by atoms with Gasteiger partial charge in [0.25, 0.3) is 5.56 Å². The number of rotatable bonds is 5. The number of nitrogens with zero attached hydrogens (tertiary/aromatic N) is 1. The topological polar surface area (TPSA) is 74.8 Å². The summed E-state index contributed by atoms with van der Waals surface area (Å²) in [4.78, 5) is 31.2. The van der Waals surface area contributed by atoms with Gasteiger partial charge in [-0.05, 0) is 36.2 Å². The summed E-state index contributed by atoms with van der Waals surface area (Å²) in [6.07, 6.45) is 0. The van der Waals surface area contributed by atoms with Gasteiger partial charge in [-0.2, -0.15) is 0 Å². The van der Waals surface area contributed by atoms with Gasteiger partial charge in [-0.25, -0.2) is 9.37 Å². The second-order valence-electron chi connectivity index (χ2n) is 7.13. The molecule has 0 aliphatic carbocycles. The van der Waals surface area contributed by atoms with Gasteiger partial charge < -0.3 is 10.3 Å². The molecule has 0 saturated heterocycles. The molecule has 0 spiro atoms. The first-order chi connectivity index (χ1) is 13.7. The van der Waals surface area contributed by atoms with Crippen LogP contribution >= 0.6 is 11.6 Å². The molecule has 0 radical (unpaired) electrons. The minimum Gasteiger partial charge on any atom is -0.352 e. The van der Waals surface area contributed by atoms with Crippen LogP contribution in [0.2, 0.25) is 5.02 Å². The Morgan fingerprint density at radius 3 is 2.66 bits per heavy atom. The van der Waals surface area contributed by atoms with Gasteiger partial charge in [0.1, 0.15) is 11.6 Å². The predicted molar refractivity (Wildman–Crippen MR) is 112 cm³/mol. The van der Waals surface area contributed by atoms with Crippen LogP contribution in [-0.2, 0) is 11.3 Å². The van der Waals surface area contributed by atoms with E-state index >= 15 is 0 Å². The molecular formula is C22H21ClFN3O2. The first-order valence-corrected chi connectivity index (χ1v) is 9.57. The second-order valence-corrected chi connectivity index (χ2v) is 7.54. The maximum atomic E-state index is 13.9. The third kappa shape index (κ3) is 4.90. The summed E-state index contributed by atoms with van der Waals surface area (Å²) < 4.78 is 13.9. The molecule has 0 aliphatic heterocycles. The lowest BCUT2D eigenvalue weighted by molar-refractivity contribution is -0.124. The average molecular weight is 414 g/mol. The Morgan fingerprint density at radius 1 is 1.21 bits per heavy atom. The molecule has 0 aliphatic rings.